The standard InChI is InChI=1S/C15H16BrClN2/c1-11-6-15(13(8-17)9-18-11)19(2)10-12-4-3-5-14(16)7-12/h3-7,9H,8,10H2,1-2H3. The smallest absolute Gasteiger partial charge is 0.0509 e. The number of aromatic nitrogens is 1. The summed E-state index contributed by atoms with van der Waals surface area (Å²) in [4.78, 5) is 6.50. The number of hydrogen-bond acceptors (Lipinski definition) is 2. The highest BCUT2D eigenvalue weighted by Gasteiger charge is 2.08. The molecular weight excluding hydrogens is 324 g/mol. The van der Waals surface area contributed by atoms with Gasteiger partial charge in [-0.05, 0) is 30.7 Å². The molecule has 2 nitrogen and oxygen atoms in total. The first-order valence-corrected chi connectivity index (χ1v) is 7.40. The molecule has 0 aliphatic rings. The van der Waals surface area contributed by atoms with Crippen LogP contribution >= 0.6 is 27.5 Å². The molecule has 0 atom stereocenters. The van der Waals surface area contributed by atoms with Crippen molar-refractivity contribution in [1.82, 2.24) is 4.98 Å². The van der Waals surface area contributed by atoms with Crippen LogP contribution in [0.25, 0.3) is 0 Å². The van der Waals surface area contributed by atoms with Gasteiger partial charge in [0.05, 0.1) is 5.88 Å². The molecule has 2 aromatic rings. The number of halogens is 2. The molecule has 0 bridgehead atoms. The number of anilines is 1. The van der Waals surface area contributed by atoms with E-state index in [9.17, 15) is 0 Å². The SMILES string of the molecule is Cc1cc(N(C)Cc2cccc(Br)c2)c(CCl)cn1. The van der Waals surface area contributed by atoms with Gasteiger partial charge in [-0.15, -0.1) is 11.6 Å². The number of benzene rings is 1. The fraction of sp³-hybridized carbons (Fsp3) is 0.267. The second kappa shape index (κ2) is 6.40. The predicted molar refractivity (Wildman–Crippen MR) is 84.8 cm³/mol. The van der Waals surface area contributed by atoms with E-state index >= 15 is 0 Å². The van der Waals surface area contributed by atoms with E-state index in [0.717, 1.165) is 28.0 Å². The molecule has 0 fully saturated rings. The van der Waals surface area contributed by atoms with Crippen LogP contribution in [0.3, 0.4) is 0 Å². The van der Waals surface area contributed by atoms with E-state index < -0.39 is 0 Å². The van der Waals surface area contributed by atoms with Crippen molar-refractivity contribution in [1.29, 1.82) is 0 Å². The summed E-state index contributed by atoms with van der Waals surface area (Å²) in [6.45, 7) is 2.83. The monoisotopic (exact) mass is 338 g/mol. The molecule has 1 aromatic carbocycles. The molecule has 1 aromatic heterocycles. The van der Waals surface area contributed by atoms with Gasteiger partial charge < -0.3 is 4.90 Å². The van der Waals surface area contributed by atoms with E-state index in [1.54, 1.807) is 0 Å². The highest BCUT2D eigenvalue weighted by molar-refractivity contribution is 9.10. The quantitative estimate of drug-likeness (QED) is 0.761. The average Bonchev–Trinajstić information content (AvgIpc) is 2.38. The Labute approximate surface area is 127 Å². The van der Waals surface area contributed by atoms with Crippen LogP contribution in [0, 0.1) is 6.92 Å². The number of pyridine rings is 1. The van der Waals surface area contributed by atoms with Gasteiger partial charge in [-0.25, -0.2) is 0 Å². The molecule has 2 rings (SSSR count). The van der Waals surface area contributed by atoms with Crippen molar-refractivity contribution < 1.29 is 0 Å². The van der Waals surface area contributed by atoms with Crippen LogP contribution in [0.2, 0.25) is 0 Å². The number of rotatable bonds is 4. The Kier molecular flexibility index (Phi) is 4.83. The fourth-order valence-electron chi connectivity index (χ4n) is 2.03. The Hall–Kier alpha value is -1.06. The minimum atomic E-state index is 0.478. The van der Waals surface area contributed by atoms with Crippen LogP contribution in [0.4, 0.5) is 5.69 Å². The molecule has 0 amide bonds. The van der Waals surface area contributed by atoms with Gasteiger partial charge in [0.15, 0.2) is 0 Å². The van der Waals surface area contributed by atoms with E-state index in [1.165, 1.54) is 5.56 Å². The predicted octanol–water partition coefficient (Wildman–Crippen LogP) is 4.53. The van der Waals surface area contributed by atoms with Crippen molar-refractivity contribution in [2.24, 2.45) is 0 Å². The normalized spacial score (nSPS) is 10.5. The first-order valence-electron chi connectivity index (χ1n) is 6.07. The third-order valence-electron chi connectivity index (χ3n) is 2.96. The minimum Gasteiger partial charge on any atom is -0.370 e. The first kappa shape index (κ1) is 14.4. The summed E-state index contributed by atoms with van der Waals surface area (Å²) < 4.78 is 1.10. The summed E-state index contributed by atoms with van der Waals surface area (Å²) in [5.74, 6) is 0.478. The number of nitrogens with zero attached hydrogens (tertiary/aromatic N) is 2. The van der Waals surface area contributed by atoms with Crippen molar-refractivity contribution in [3.05, 3.63) is 57.8 Å². The maximum absolute atomic E-state index is 5.98. The molecule has 0 aliphatic heterocycles. The van der Waals surface area contributed by atoms with E-state index in [1.807, 2.05) is 25.3 Å². The second-order valence-corrected chi connectivity index (χ2v) is 5.76. The van der Waals surface area contributed by atoms with Gasteiger partial charge >= 0.3 is 0 Å². The molecule has 100 valence electrons. The van der Waals surface area contributed by atoms with Crippen molar-refractivity contribution >= 4 is 33.2 Å². The molecule has 0 unspecified atom stereocenters. The molecule has 1 heterocycles. The van der Waals surface area contributed by atoms with Crippen LogP contribution in [0.15, 0.2) is 41.0 Å². The van der Waals surface area contributed by atoms with Gasteiger partial charge in [0.2, 0.25) is 0 Å². The fourth-order valence-corrected chi connectivity index (χ4v) is 2.68. The number of hydrogen-bond donors (Lipinski definition) is 0. The average molecular weight is 340 g/mol. The third kappa shape index (κ3) is 3.71. The van der Waals surface area contributed by atoms with Gasteiger partial charge in [0.25, 0.3) is 0 Å². The van der Waals surface area contributed by atoms with Crippen LogP contribution in [-0.4, -0.2) is 12.0 Å². The molecule has 19 heavy (non-hydrogen) atoms. The molecule has 0 aliphatic carbocycles. The lowest BCUT2D eigenvalue weighted by Gasteiger charge is -2.22. The summed E-state index contributed by atoms with van der Waals surface area (Å²) in [7, 11) is 2.08. The highest BCUT2D eigenvalue weighted by atomic mass is 79.9. The Bertz CT molecular complexity index is 572. The summed E-state index contributed by atoms with van der Waals surface area (Å²) in [6, 6.07) is 10.4. The third-order valence-corrected chi connectivity index (χ3v) is 3.74. The van der Waals surface area contributed by atoms with E-state index in [2.05, 4.69) is 51.1 Å². The summed E-state index contributed by atoms with van der Waals surface area (Å²) >= 11 is 9.48. The largest absolute Gasteiger partial charge is 0.370 e. The van der Waals surface area contributed by atoms with Crippen LogP contribution in [0.1, 0.15) is 16.8 Å². The zero-order valence-electron chi connectivity index (χ0n) is 11.0. The summed E-state index contributed by atoms with van der Waals surface area (Å²) in [5.41, 5.74) is 4.46. The molecule has 0 N–H and O–H groups in total. The van der Waals surface area contributed by atoms with Crippen molar-refractivity contribution in [2.45, 2.75) is 19.3 Å². The second-order valence-electron chi connectivity index (χ2n) is 4.57. The molecule has 0 radical (unpaired) electrons. The van der Waals surface area contributed by atoms with Crippen molar-refractivity contribution in [3.8, 4) is 0 Å². The van der Waals surface area contributed by atoms with Gasteiger partial charge in [0, 0.05) is 41.2 Å². The maximum atomic E-state index is 5.98. The van der Waals surface area contributed by atoms with Crippen molar-refractivity contribution in [3.63, 3.8) is 0 Å². The van der Waals surface area contributed by atoms with E-state index in [-0.39, 0.29) is 0 Å². The Morgan fingerprint density at radius 3 is 2.79 bits per heavy atom. The van der Waals surface area contributed by atoms with Gasteiger partial charge in [-0.3, -0.25) is 4.98 Å². The summed E-state index contributed by atoms with van der Waals surface area (Å²) in [6.07, 6.45) is 1.86. The molecular formula is C15H16BrClN2. The summed E-state index contributed by atoms with van der Waals surface area (Å²) in [5, 5.41) is 0. The zero-order chi connectivity index (χ0) is 13.8. The zero-order valence-corrected chi connectivity index (χ0v) is 13.4. The number of alkyl halides is 1. The highest BCUT2D eigenvalue weighted by Crippen LogP contribution is 2.23. The lowest BCUT2D eigenvalue weighted by Crippen LogP contribution is -2.18. The van der Waals surface area contributed by atoms with E-state index in [4.69, 9.17) is 11.6 Å². The molecule has 0 spiro atoms. The molecule has 4 heteroatoms. The van der Waals surface area contributed by atoms with Crippen LogP contribution in [0.5, 0.6) is 0 Å². The van der Waals surface area contributed by atoms with Crippen molar-refractivity contribution in [2.75, 3.05) is 11.9 Å². The maximum Gasteiger partial charge on any atom is 0.0509 e. The van der Waals surface area contributed by atoms with Gasteiger partial charge in [-0.1, -0.05) is 28.1 Å². The lowest BCUT2D eigenvalue weighted by atomic mass is 10.1. The lowest BCUT2D eigenvalue weighted by molar-refractivity contribution is 0.908. The minimum absolute atomic E-state index is 0.478. The Morgan fingerprint density at radius 2 is 2.11 bits per heavy atom. The van der Waals surface area contributed by atoms with Gasteiger partial charge in [0.1, 0.15) is 0 Å². The van der Waals surface area contributed by atoms with Gasteiger partial charge in [-0.2, -0.15) is 0 Å². The topological polar surface area (TPSA) is 16.1 Å². The van der Waals surface area contributed by atoms with Crippen LogP contribution in [-0.2, 0) is 12.4 Å². The molecule has 0 saturated carbocycles. The Morgan fingerprint density at radius 1 is 1.32 bits per heavy atom. The first-order chi connectivity index (χ1) is 9.10. The molecule has 0 saturated heterocycles. The Balaban J connectivity index is 2.24. The van der Waals surface area contributed by atoms with Crippen LogP contribution < -0.4 is 4.90 Å². The number of aryl methyl sites for hydroxylation is 1. The van der Waals surface area contributed by atoms with E-state index in [0.29, 0.717) is 5.88 Å².